The Morgan fingerprint density at radius 1 is 1.27 bits per heavy atom. The molecular weight excluding hydrogens is 254 g/mol. The van der Waals surface area contributed by atoms with Crippen molar-refractivity contribution in [1.29, 1.82) is 0 Å². The van der Waals surface area contributed by atoms with E-state index < -0.39 is 0 Å². The molecule has 1 heterocycles. The highest BCUT2D eigenvalue weighted by atomic mass is 79.9. The lowest BCUT2D eigenvalue weighted by molar-refractivity contribution is 0.131. The molecule has 2 aliphatic rings. The van der Waals surface area contributed by atoms with Crippen molar-refractivity contribution >= 4 is 21.6 Å². The van der Waals surface area contributed by atoms with E-state index in [0.29, 0.717) is 12.1 Å². The molecule has 1 aliphatic carbocycles. The molecule has 1 aromatic carbocycles. The van der Waals surface area contributed by atoms with Crippen LogP contribution in [0.5, 0.6) is 5.75 Å². The first-order valence-corrected chi connectivity index (χ1v) is 6.35. The molecule has 2 nitrogen and oxygen atoms in total. The number of benzene rings is 1. The van der Waals surface area contributed by atoms with Crippen molar-refractivity contribution in [3.05, 3.63) is 22.7 Å². The third-order valence-corrected chi connectivity index (χ3v) is 3.76. The molecule has 0 spiro atoms. The van der Waals surface area contributed by atoms with E-state index in [-0.39, 0.29) is 0 Å². The normalized spacial score (nSPS) is 28.3. The summed E-state index contributed by atoms with van der Waals surface area (Å²) in [4.78, 5) is 0. The number of halogens is 1. The minimum Gasteiger partial charge on any atom is -0.486 e. The van der Waals surface area contributed by atoms with Crippen molar-refractivity contribution in [3.63, 3.8) is 0 Å². The lowest BCUT2D eigenvalue weighted by atomic mass is 9.91. The summed E-state index contributed by atoms with van der Waals surface area (Å²) in [6.07, 6.45) is 5.42. The molecule has 2 unspecified atom stereocenters. The first-order chi connectivity index (χ1) is 7.33. The van der Waals surface area contributed by atoms with Gasteiger partial charge in [-0.1, -0.05) is 22.4 Å². The first-order valence-electron chi connectivity index (χ1n) is 5.56. The molecule has 3 heteroatoms. The molecule has 0 radical (unpaired) electrons. The van der Waals surface area contributed by atoms with Crippen LogP contribution in [0.4, 0.5) is 5.69 Å². The highest BCUT2D eigenvalue weighted by molar-refractivity contribution is 9.10. The van der Waals surface area contributed by atoms with Gasteiger partial charge in [-0.05, 0) is 37.5 Å². The average Bonchev–Trinajstić information content (AvgIpc) is 2.26. The zero-order valence-electron chi connectivity index (χ0n) is 8.50. The molecule has 0 amide bonds. The predicted octanol–water partition coefficient (Wildman–Crippen LogP) is 3.56. The summed E-state index contributed by atoms with van der Waals surface area (Å²) in [7, 11) is 0. The van der Waals surface area contributed by atoms with Crippen molar-refractivity contribution < 1.29 is 4.74 Å². The monoisotopic (exact) mass is 267 g/mol. The van der Waals surface area contributed by atoms with Crippen LogP contribution in [0.3, 0.4) is 0 Å². The van der Waals surface area contributed by atoms with Crippen LogP contribution in [0.1, 0.15) is 25.7 Å². The van der Waals surface area contributed by atoms with Crippen LogP contribution in [-0.2, 0) is 0 Å². The Balaban J connectivity index is 1.92. The summed E-state index contributed by atoms with van der Waals surface area (Å²) in [5, 5.41) is 3.58. The molecular formula is C12H14BrNO. The highest BCUT2D eigenvalue weighted by Gasteiger charge is 2.31. The Labute approximate surface area is 98.1 Å². The Bertz CT molecular complexity index is 380. The van der Waals surface area contributed by atoms with E-state index in [1.807, 2.05) is 12.1 Å². The van der Waals surface area contributed by atoms with Crippen LogP contribution in [0.2, 0.25) is 0 Å². The van der Waals surface area contributed by atoms with Gasteiger partial charge in [0.05, 0.1) is 11.7 Å². The maximum atomic E-state index is 6.01. The second-order valence-electron chi connectivity index (χ2n) is 4.33. The smallest absolute Gasteiger partial charge is 0.143 e. The van der Waals surface area contributed by atoms with Crippen molar-refractivity contribution in [2.75, 3.05) is 5.32 Å². The summed E-state index contributed by atoms with van der Waals surface area (Å²) in [5.74, 6) is 1.00. The number of fused-ring (bicyclic) bond motifs is 2. The molecule has 2 atom stereocenters. The fraction of sp³-hybridized carbons (Fsp3) is 0.500. The van der Waals surface area contributed by atoms with E-state index in [1.54, 1.807) is 0 Å². The molecule has 1 saturated carbocycles. The van der Waals surface area contributed by atoms with Crippen molar-refractivity contribution in [1.82, 2.24) is 0 Å². The maximum Gasteiger partial charge on any atom is 0.143 e. The van der Waals surface area contributed by atoms with Crippen molar-refractivity contribution in [2.45, 2.75) is 37.8 Å². The van der Waals surface area contributed by atoms with Crippen molar-refractivity contribution in [3.8, 4) is 5.75 Å². The molecule has 0 saturated heterocycles. The fourth-order valence-electron chi connectivity index (χ4n) is 2.48. The van der Waals surface area contributed by atoms with Crippen LogP contribution >= 0.6 is 15.9 Å². The van der Waals surface area contributed by atoms with Crippen LogP contribution in [-0.4, -0.2) is 12.1 Å². The first kappa shape index (κ1) is 9.52. The molecule has 3 rings (SSSR count). The van der Waals surface area contributed by atoms with Gasteiger partial charge < -0.3 is 10.1 Å². The van der Waals surface area contributed by atoms with Gasteiger partial charge in [-0.2, -0.15) is 0 Å². The molecule has 1 aliphatic heterocycles. The number of ether oxygens (including phenoxy) is 1. The number of nitrogens with one attached hydrogen (secondary N) is 1. The zero-order chi connectivity index (χ0) is 10.3. The molecule has 1 fully saturated rings. The van der Waals surface area contributed by atoms with Gasteiger partial charge in [0, 0.05) is 4.47 Å². The van der Waals surface area contributed by atoms with E-state index >= 15 is 0 Å². The van der Waals surface area contributed by atoms with Gasteiger partial charge in [-0.3, -0.25) is 0 Å². The highest BCUT2D eigenvalue weighted by Crippen LogP contribution is 2.37. The van der Waals surface area contributed by atoms with E-state index in [2.05, 4.69) is 27.3 Å². The Morgan fingerprint density at radius 3 is 3.07 bits per heavy atom. The van der Waals surface area contributed by atoms with Gasteiger partial charge in [0.1, 0.15) is 11.9 Å². The summed E-state index contributed by atoms with van der Waals surface area (Å²) >= 11 is 3.48. The largest absolute Gasteiger partial charge is 0.486 e. The molecule has 0 bridgehead atoms. The number of rotatable bonds is 0. The van der Waals surface area contributed by atoms with Crippen molar-refractivity contribution in [2.24, 2.45) is 0 Å². The minimum atomic E-state index is 0.382. The summed E-state index contributed by atoms with van der Waals surface area (Å²) < 4.78 is 7.11. The second-order valence-corrected chi connectivity index (χ2v) is 5.25. The van der Waals surface area contributed by atoms with Gasteiger partial charge >= 0.3 is 0 Å². The van der Waals surface area contributed by atoms with Crippen LogP contribution in [0.25, 0.3) is 0 Å². The van der Waals surface area contributed by atoms with E-state index in [9.17, 15) is 0 Å². The molecule has 1 N–H and O–H groups in total. The number of anilines is 1. The van der Waals surface area contributed by atoms with Gasteiger partial charge in [-0.25, -0.2) is 0 Å². The Hall–Kier alpha value is -0.700. The number of hydrogen-bond acceptors (Lipinski definition) is 2. The Kier molecular flexibility index (Phi) is 2.35. The summed E-state index contributed by atoms with van der Waals surface area (Å²) in [5.41, 5.74) is 1.13. The van der Waals surface area contributed by atoms with Gasteiger partial charge in [0.15, 0.2) is 0 Å². The SMILES string of the molecule is Brc1ccc2c(c1)NC1CCCCC1O2. The molecule has 80 valence electrons. The van der Waals surface area contributed by atoms with Gasteiger partial charge in [0.2, 0.25) is 0 Å². The third-order valence-electron chi connectivity index (χ3n) is 3.26. The van der Waals surface area contributed by atoms with E-state index in [1.165, 1.54) is 25.7 Å². The Morgan fingerprint density at radius 2 is 2.13 bits per heavy atom. The third kappa shape index (κ3) is 1.73. The standard InChI is InChI=1S/C12H14BrNO/c13-8-5-6-12-10(7-8)14-9-3-1-2-4-11(9)15-12/h5-7,9,11,14H,1-4H2. The zero-order valence-corrected chi connectivity index (χ0v) is 10.1. The fourth-order valence-corrected chi connectivity index (χ4v) is 2.84. The number of hydrogen-bond donors (Lipinski definition) is 1. The van der Waals surface area contributed by atoms with Crippen LogP contribution in [0.15, 0.2) is 22.7 Å². The van der Waals surface area contributed by atoms with Gasteiger partial charge in [0.25, 0.3) is 0 Å². The molecule has 1 aromatic rings. The predicted molar refractivity (Wildman–Crippen MR) is 64.4 cm³/mol. The quantitative estimate of drug-likeness (QED) is 0.776. The minimum absolute atomic E-state index is 0.382. The van der Waals surface area contributed by atoms with Crippen LogP contribution < -0.4 is 10.1 Å². The summed E-state index contributed by atoms with van der Waals surface area (Å²) in [6, 6.07) is 6.68. The van der Waals surface area contributed by atoms with E-state index in [0.717, 1.165) is 15.9 Å². The lowest BCUT2D eigenvalue weighted by Crippen LogP contribution is -2.43. The summed E-state index contributed by atoms with van der Waals surface area (Å²) in [6.45, 7) is 0. The maximum absolute atomic E-state index is 6.01. The van der Waals surface area contributed by atoms with Crippen LogP contribution in [0, 0.1) is 0 Å². The van der Waals surface area contributed by atoms with Gasteiger partial charge in [-0.15, -0.1) is 0 Å². The molecule has 0 aromatic heterocycles. The lowest BCUT2D eigenvalue weighted by Gasteiger charge is -2.38. The average molecular weight is 268 g/mol. The second kappa shape index (κ2) is 3.71. The topological polar surface area (TPSA) is 21.3 Å². The van der Waals surface area contributed by atoms with E-state index in [4.69, 9.17) is 4.74 Å². The molecule has 15 heavy (non-hydrogen) atoms.